The van der Waals surface area contributed by atoms with E-state index in [-0.39, 0.29) is 16.3 Å². The van der Waals surface area contributed by atoms with Crippen LogP contribution in [0, 0.1) is 15.9 Å². The first-order chi connectivity index (χ1) is 9.90. The topological polar surface area (TPSA) is 92.5 Å². The van der Waals surface area contributed by atoms with Crippen molar-refractivity contribution in [3.8, 4) is 5.75 Å². The Labute approximate surface area is 122 Å². The molecule has 0 unspecified atom stereocenters. The third-order valence-electron chi connectivity index (χ3n) is 2.63. The van der Waals surface area contributed by atoms with Gasteiger partial charge >= 0.3 is 0 Å². The van der Waals surface area contributed by atoms with Gasteiger partial charge < -0.3 is 10.4 Å². The number of halogens is 2. The maximum absolute atomic E-state index is 12.9. The van der Waals surface area contributed by atoms with Crippen molar-refractivity contribution in [3.63, 3.8) is 0 Å². The molecule has 0 saturated heterocycles. The molecule has 0 aliphatic heterocycles. The third kappa shape index (κ3) is 3.09. The quantitative estimate of drug-likeness (QED) is 0.516. The molecule has 2 aromatic rings. The van der Waals surface area contributed by atoms with Crippen LogP contribution in [0.15, 0.2) is 36.4 Å². The molecule has 0 fully saturated rings. The molecule has 0 atom stereocenters. The summed E-state index contributed by atoms with van der Waals surface area (Å²) in [7, 11) is 0. The minimum atomic E-state index is -0.801. The first kappa shape index (κ1) is 14.7. The first-order valence-corrected chi connectivity index (χ1v) is 6.00. The van der Waals surface area contributed by atoms with Gasteiger partial charge in [-0.05, 0) is 24.3 Å². The highest BCUT2D eigenvalue weighted by Crippen LogP contribution is 2.33. The number of carbonyl (C=O) groups is 1. The van der Waals surface area contributed by atoms with E-state index in [0.29, 0.717) is 0 Å². The SMILES string of the molecule is O=C(Nc1c(O)cccc1[N+](=O)[O-])c1ccc(F)cc1Cl. The highest BCUT2D eigenvalue weighted by molar-refractivity contribution is 6.34. The smallest absolute Gasteiger partial charge is 0.296 e. The zero-order chi connectivity index (χ0) is 15.6. The molecule has 0 heterocycles. The predicted molar refractivity (Wildman–Crippen MR) is 74.1 cm³/mol. The lowest BCUT2D eigenvalue weighted by atomic mass is 10.2. The van der Waals surface area contributed by atoms with Crippen LogP contribution in [0.25, 0.3) is 0 Å². The Morgan fingerprint density at radius 2 is 2.05 bits per heavy atom. The lowest BCUT2D eigenvalue weighted by molar-refractivity contribution is -0.384. The van der Waals surface area contributed by atoms with Gasteiger partial charge in [-0.3, -0.25) is 14.9 Å². The summed E-state index contributed by atoms with van der Waals surface area (Å²) in [6.07, 6.45) is 0. The van der Waals surface area contributed by atoms with E-state index in [9.17, 15) is 24.4 Å². The predicted octanol–water partition coefficient (Wildman–Crippen LogP) is 3.35. The standard InChI is InChI=1S/C13H8ClFN2O4/c14-9-6-7(15)4-5-8(9)13(19)16-12-10(17(20)21)2-1-3-11(12)18/h1-6,18H,(H,16,19). The summed E-state index contributed by atoms with van der Waals surface area (Å²) in [4.78, 5) is 22.1. The average Bonchev–Trinajstić information content (AvgIpc) is 2.40. The fourth-order valence-electron chi connectivity index (χ4n) is 1.66. The molecular weight excluding hydrogens is 303 g/mol. The van der Waals surface area contributed by atoms with Crippen molar-refractivity contribution in [2.45, 2.75) is 0 Å². The lowest BCUT2D eigenvalue weighted by Crippen LogP contribution is -2.14. The molecule has 8 heteroatoms. The zero-order valence-corrected chi connectivity index (χ0v) is 11.1. The minimum absolute atomic E-state index is 0.0735. The van der Waals surface area contributed by atoms with Crippen molar-refractivity contribution < 1.29 is 19.2 Å². The third-order valence-corrected chi connectivity index (χ3v) is 2.94. The molecule has 21 heavy (non-hydrogen) atoms. The molecule has 0 bridgehead atoms. The zero-order valence-electron chi connectivity index (χ0n) is 10.3. The van der Waals surface area contributed by atoms with Crippen LogP contribution in [-0.4, -0.2) is 15.9 Å². The number of carbonyl (C=O) groups excluding carboxylic acids is 1. The number of rotatable bonds is 3. The highest BCUT2D eigenvalue weighted by atomic mass is 35.5. The molecule has 1 amide bonds. The molecule has 0 saturated carbocycles. The second-order valence-corrected chi connectivity index (χ2v) is 4.41. The summed E-state index contributed by atoms with van der Waals surface area (Å²) in [5.74, 6) is -1.88. The van der Waals surface area contributed by atoms with E-state index >= 15 is 0 Å². The largest absolute Gasteiger partial charge is 0.505 e. The number of hydrogen-bond acceptors (Lipinski definition) is 4. The van der Waals surface area contributed by atoms with Gasteiger partial charge in [0.2, 0.25) is 0 Å². The van der Waals surface area contributed by atoms with E-state index in [1.165, 1.54) is 12.1 Å². The first-order valence-electron chi connectivity index (χ1n) is 5.63. The fraction of sp³-hybridized carbons (Fsp3) is 0. The van der Waals surface area contributed by atoms with E-state index in [4.69, 9.17) is 11.6 Å². The number of para-hydroxylation sites is 1. The van der Waals surface area contributed by atoms with Gasteiger partial charge in [-0.2, -0.15) is 0 Å². The lowest BCUT2D eigenvalue weighted by Gasteiger charge is -2.08. The van der Waals surface area contributed by atoms with E-state index in [2.05, 4.69) is 5.32 Å². The second-order valence-electron chi connectivity index (χ2n) is 4.01. The van der Waals surface area contributed by atoms with Gasteiger partial charge in [0.25, 0.3) is 11.6 Å². The van der Waals surface area contributed by atoms with Crippen LogP contribution in [0.4, 0.5) is 15.8 Å². The van der Waals surface area contributed by atoms with Crippen LogP contribution in [0.1, 0.15) is 10.4 Å². The summed E-state index contributed by atoms with van der Waals surface area (Å²) < 4.78 is 12.9. The number of nitrogens with zero attached hydrogens (tertiary/aromatic N) is 1. The van der Waals surface area contributed by atoms with Gasteiger partial charge in [0.1, 0.15) is 11.6 Å². The summed E-state index contributed by atoms with van der Waals surface area (Å²) in [6, 6.07) is 6.69. The molecule has 2 N–H and O–H groups in total. The maximum atomic E-state index is 12.9. The van der Waals surface area contributed by atoms with Crippen molar-refractivity contribution in [2.24, 2.45) is 0 Å². The van der Waals surface area contributed by atoms with E-state index in [1.807, 2.05) is 0 Å². The van der Waals surface area contributed by atoms with Crippen LogP contribution in [-0.2, 0) is 0 Å². The molecule has 0 spiro atoms. The molecule has 0 aliphatic carbocycles. The number of benzene rings is 2. The molecule has 0 radical (unpaired) electrons. The Balaban J connectivity index is 2.38. The number of amides is 1. The number of nitro benzene ring substituents is 1. The summed E-state index contributed by atoms with van der Waals surface area (Å²) in [5.41, 5.74) is -0.898. The maximum Gasteiger partial charge on any atom is 0.296 e. The Hall–Kier alpha value is -2.67. The molecule has 108 valence electrons. The minimum Gasteiger partial charge on any atom is -0.505 e. The highest BCUT2D eigenvalue weighted by Gasteiger charge is 2.21. The van der Waals surface area contributed by atoms with E-state index in [0.717, 1.165) is 24.3 Å². The van der Waals surface area contributed by atoms with Crippen molar-refractivity contribution in [1.29, 1.82) is 0 Å². The Morgan fingerprint density at radius 1 is 1.33 bits per heavy atom. The van der Waals surface area contributed by atoms with Crippen LogP contribution >= 0.6 is 11.6 Å². The Morgan fingerprint density at radius 3 is 2.67 bits per heavy atom. The van der Waals surface area contributed by atoms with Crippen molar-refractivity contribution in [3.05, 3.63) is 62.9 Å². The van der Waals surface area contributed by atoms with Crippen LogP contribution in [0.2, 0.25) is 5.02 Å². The number of nitro groups is 1. The number of nitrogens with one attached hydrogen (secondary N) is 1. The molecule has 2 rings (SSSR count). The van der Waals surface area contributed by atoms with Gasteiger partial charge in [0.15, 0.2) is 5.69 Å². The number of phenolic OH excluding ortho intramolecular Hbond substituents is 1. The summed E-state index contributed by atoms with van der Waals surface area (Å²) >= 11 is 5.74. The molecule has 6 nitrogen and oxygen atoms in total. The monoisotopic (exact) mass is 310 g/mol. The van der Waals surface area contributed by atoms with Crippen molar-refractivity contribution >= 4 is 28.9 Å². The van der Waals surface area contributed by atoms with Crippen LogP contribution < -0.4 is 5.32 Å². The van der Waals surface area contributed by atoms with Crippen molar-refractivity contribution in [1.82, 2.24) is 0 Å². The van der Waals surface area contributed by atoms with E-state index in [1.54, 1.807) is 0 Å². The fourth-order valence-corrected chi connectivity index (χ4v) is 1.92. The van der Waals surface area contributed by atoms with Crippen LogP contribution in [0.5, 0.6) is 5.75 Å². The molecule has 2 aromatic carbocycles. The average molecular weight is 311 g/mol. The van der Waals surface area contributed by atoms with Gasteiger partial charge in [-0.15, -0.1) is 0 Å². The Bertz CT molecular complexity index is 736. The van der Waals surface area contributed by atoms with Gasteiger partial charge in [0.05, 0.1) is 15.5 Å². The van der Waals surface area contributed by atoms with E-state index < -0.39 is 28.1 Å². The molecular formula is C13H8ClFN2O4. The Kier molecular flexibility index (Phi) is 4.04. The number of phenols is 1. The summed E-state index contributed by atoms with van der Waals surface area (Å²) in [5, 5.41) is 22.6. The van der Waals surface area contributed by atoms with Gasteiger partial charge in [-0.25, -0.2) is 4.39 Å². The van der Waals surface area contributed by atoms with Crippen LogP contribution in [0.3, 0.4) is 0 Å². The number of hydrogen-bond donors (Lipinski definition) is 2. The normalized spacial score (nSPS) is 10.2. The second kappa shape index (κ2) is 5.76. The number of anilines is 1. The van der Waals surface area contributed by atoms with Crippen molar-refractivity contribution in [2.75, 3.05) is 5.32 Å². The molecule has 0 aromatic heterocycles. The van der Waals surface area contributed by atoms with Gasteiger partial charge in [-0.1, -0.05) is 17.7 Å². The summed E-state index contributed by atoms with van der Waals surface area (Å²) in [6.45, 7) is 0. The number of aromatic hydroxyl groups is 1. The molecule has 0 aliphatic rings. The van der Waals surface area contributed by atoms with Gasteiger partial charge in [0, 0.05) is 6.07 Å².